The summed E-state index contributed by atoms with van der Waals surface area (Å²) in [5.74, 6) is 1.35. The molecule has 0 aliphatic carbocycles. The molecule has 0 aliphatic heterocycles. The van der Waals surface area contributed by atoms with Crippen molar-refractivity contribution >= 4 is 26.8 Å². The van der Waals surface area contributed by atoms with Gasteiger partial charge >= 0.3 is 5.69 Å². The summed E-state index contributed by atoms with van der Waals surface area (Å²) in [4.78, 5) is 25.6. The first kappa shape index (κ1) is 22.0. The minimum Gasteiger partial charge on any atom is -0.493 e. The van der Waals surface area contributed by atoms with Gasteiger partial charge in [-0.25, -0.2) is 4.79 Å². The number of fused-ring (bicyclic) bond motifs is 1. The average Bonchev–Trinajstić information content (AvgIpc) is 3.19. The lowest BCUT2D eigenvalue weighted by molar-refractivity contribution is 0.354. The van der Waals surface area contributed by atoms with Crippen LogP contribution in [0.25, 0.3) is 22.2 Å². The molecule has 0 N–H and O–H groups in total. The number of aromatic nitrogens is 3. The highest BCUT2D eigenvalue weighted by Gasteiger charge is 2.19. The van der Waals surface area contributed by atoms with E-state index in [9.17, 15) is 9.59 Å². The fraction of sp³-hybridized carbons (Fsp3) is 0.250. The summed E-state index contributed by atoms with van der Waals surface area (Å²) >= 11 is 3.53. The van der Waals surface area contributed by atoms with Gasteiger partial charge in [-0.1, -0.05) is 34.1 Å². The zero-order valence-corrected chi connectivity index (χ0v) is 20.0. The highest BCUT2D eigenvalue weighted by molar-refractivity contribution is 9.10. The molecule has 8 heteroatoms. The first-order valence-corrected chi connectivity index (χ1v) is 10.9. The van der Waals surface area contributed by atoms with Gasteiger partial charge in [-0.05, 0) is 36.2 Å². The van der Waals surface area contributed by atoms with Gasteiger partial charge < -0.3 is 14.0 Å². The molecular weight excluding hydrogens is 474 g/mol. The minimum absolute atomic E-state index is 0.303. The Labute approximate surface area is 193 Å². The Morgan fingerprint density at radius 3 is 2.38 bits per heavy atom. The van der Waals surface area contributed by atoms with Crippen molar-refractivity contribution in [3.8, 4) is 22.8 Å². The number of hydrogen-bond donors (Lipinski definition) is 0. The van der Waals surface area contributed by atoms with E-state index in [0.29, 0.717) is 35.4 Å². The Morgan fingerprint density at radius 2 is 1.69 bits per heavy atom. The number of aryl methyl sites for hydroxylation is 3. The lowest BCUT2D eigenvalue weighted by atomic mass is 10.1. The smallest absolute Gasteiger partial charge is 0.330 e. The maximum Gasteiger partial charge on any atom is 0.330 e. The first-order valence-electron chi connectivity index (χ1n) is 10.1. The van der Waals surface area contributed by atoms with Gasteiger partial charge in [0.2, 0.25) is 0 Å². The van der Waals surface area contributed by atoms with Gasteiger partial charge in [-0.3, -0.25) is 13.9 Å². The van der Waals surface area contributed by atoms with Crippen molar-refractivity contribution in [3.63, 3.8) is 0 Å². The van der Waals surface area contributed by atoms with Crippen LogP contribution in [0.2, 0.25) is 0 Å². The van der Waals surface area contributed by atoms with Gasteiger partial charge in [0.1, 0.15) is 0 Å². The second-order valence-electron chi connectivity index (χ2n) is 7.59. The summed E-state index contributed by atoms with van der Waals surface area (Å²) in [6.45, 7) is 0.614. The Balaban J connectivity index is 1.87. The van der Waals surface area contributed by atoms with Crippen molar-refractivity contribution in [1.29, 1.82) is 0 Å². The fourth-order valence-electron chi connectivity index (χ4n) is 4.00. The van der Waals surface area contributed by atoms with E-state index in [1.165, 1.54) is 11.6 Å². The van der Waals surface area contributed by atoms with Crippen LogP contribution in [0.15, 0.2) is 62.7 Å². The van der Waals surface area contributed by atoms with Crippen LogP contribution in [0.3, 0.4) is 0 Å². The maximum atomic E-state index is 13.1. The van der Waals surface area contributed by atoms with Crippen molar-refractivity contribution in [2.75, 3.05) is 14.2 Å². The topological polar surface area (TPSA) is 67.4 Å². The third-order valence-corrected chi connectivity index (χ3v) is 6.19. The van der Waals surface area contributed by atoms with E-state index in [1.807, 2.05) is 53.2 Å². The third-order valence-electron chi connectivity index (χ3n) is 5.70. The van der Waals surface area contributed by atoms with Gasteiger partial charge in [0.05, 0.1) is 30.8 Å². The molecule has 0 saturated heterocycles. The molecule has 0 atom stereocenters. The number of ether oxygens (including phenoxy) is 2. The van der Waals surface area contributed by atoms with Crippen LogP contribution < -0.4 is 20.7 Å². The molecule has 0 aliphatic rings. The van der Waals surface area contributed by atoms with Crippen molar-refractivity contribution < 1.29 is 9.47 Å². The van der Waals surface area contributed by atoms with Crippen LogP contribution in [0.4, 0.5) is 0 Å². The largest absolute Gasteiger partial charge is 0.493 e. The van der Waals surface area contributed by atoms with E-state index < -0.39 is 0 Å². The molecule has 2 aromatic heterocycles. The monoisotopic (exact) mass is 497 g/mol. The Bertz CT molecular complexity index is 1430. The summed E-state index contributed by atoms with van der Waals surface area (Å²) in [6, 6.07) is 13.7. The maximum absolute atomic E-state index is 13.1. The van der Waals surface area contributed by atoms with Crippen LogP contribution >= 0.6 is 15.9 Å². The summed E-state index contributed by atoms with van der Waals surface area (Å²) in [5, 5.41) is 0.528. The molecule has 0 fully saturated rings. The standard InChI is InChI=1S/C24H24BrN3O4/c1-26-18-14-28(11-10-15-8-9-19(31-3)20(12-15)32-4)22(16-6-5-7-17(25)13-16)21(18)23(29)27(2)24(26)30/h5-9,12-14H,10-11H2,1-4H3. The van der Waals surface area contributed by atoms with Crippen LogP contribution in [0, 0.1) is 0 Å². The molecule has 0 radical (unpaired) electrons. The molecular formula is C24H24BrN3O4. The van der Waals surface area contributed by atoms with Crippen LogP contribution in [0.1, 0.15) is 5.56 Å². The van der Waals surface area contributed by atoms with Gasteiger partial charge in [0.15, 0.2) is 11.5 Å². The van der Waals surface area contributed by atoms with Crippen LogP contribution in [-0.2, 0) is 27.1 Å². The molecule has 32 heavy (non-hydrogen) atoms. The van der Waals surface area contributed by atoms with Crippen molar-refractivity contribution in [3.05, 3.63) is 79.5 Å². The average molecular weight is 498 g/mol. The molecule has 7 nitrogen and oxygen atoms in total. The Kier molecular flexibility index (Phi) is 5.97. The number of halogens is 1. The van der Waals surface area contributed by atoms with E-state index in [4.69, 9.17) is 9.47 Å². The molecule has 0 spiro atoms. The van der Waals surface area contributed by atoms with E-state index in [0.717, 1.165) is 25.9 Å². The number of nitrogens with zero attached hydrogens (tertiary/aromatic N) is 3. The highest BCUT2D eigenvalue weighted by Crippen LogP contribution is 2.31. The minimum atomic E-state index is -0.347. The molecule has 166 valence electrons. The van der Waals surface area contributed by atoms with E-state index in [1.54, 1.807) is 21.3 Å². The molecule has 2 aromatic carbocycles. The molecule has 4 rings (SSSR count). The van der Waals surface area contributed by atoms with Crippen molar-refractivity contribution in [2.24, 2.45) is 14.1 Å². The van der Waals surface area contributed by atoms with Gasteiger partial charge in [-0.2, -0.15) is 0 Å². The zero-order valence-electron chi connectivity index (χ0n) is 18.4. The summed E-state index contributed by atoms with van der Waals surface area (Å²) in [7, 11) is 6.42. The normalized spacial score (nSPS) is 11.2. The fourth-order valence-corrected chi connectivity index (χ4v) is 4.40. The highest BCUT2D eigenvalue weighted by atomic mass is 79.9. The first-order chi connectivity index (χ1) is 15.3. The van der Waals surface area contributed by atoms with E-state index in [-0.39, 0.29) is 11.2 Å². The second kappa shape index (κ2) is 8.70. The van der Waals surface area contributed by atoms with Gasteiger partial charge in [0, 0.05) is 36.9 Å². The number of methoxy groups -OCH3 is 2. The van der Waals surface area contributed by atoms with Gasteiger partial charge in [-0.15, -0.1) is 0 Å². The predicted molar refractivity (Wildman–Crippen MR) is 129 cm³/mol. The van der Waals surface area contributed by atoms with Crippen molar-refractivity contribution in [2.45, 2.75) is 13.0 Å². The molecule has 2 heterocycles. The number of rotatable bonds is 6. The lowest BCUT2D eigenvalue weighted by Gasteiger charge is -2.12. The Hall–Kier alpha value is -3.26. The summed E-state index contributed by atoms with van der Waals surface area (Å²) in [5.41, 5.74) is 2.72. The SMILES string of the molecule is COc1ccc(CCn2cc3c(c2-c2cccc(Br)c2)c(=O)n(C)c(=O)n3C)cc1OC. The number of hydrogen-bond acceptors (Lipinski definition) is 4. The van der Waals surface area contributed by atoms with Crippen LogP contribution in [-0.4, -0.2) is 27.9 Å². The predicted octanol–water partition coefficient (Wildman–Crippen LogP) is 3.73. The summed E-state index contributed by atoms with van der Waals surface area (Å²) in [6.07, 6.45) is 2.59. The zero-order chi connectivity index (χ0) is 23.0. The Morgan fingerprint density at radius 1 is 0.938 bits per heavy atom. The van der Waals surface area contributed by atoms with Crippen LogP contribution in [0.5, 0.6) is 11.5 Å². The third kappa shape index (κ3) is 3.75. The molecule has 0 amide bonds. The molecule has 0 bridgehead atoms. The van der Waals surface area contributed by atoms with E-state index in [2.05, 4.69) is 15.9 Å². The van der Waals surface area contributed by atoms with E-state index >= 15 is 0 Å². The quantitative estimate of drug-likeness (QED) is 0.407. The molecule has 0 unspecified atom stereocenters. The molecule has 0 saturated carbocycles. The van der Waals surface area contributed by atoms with Gasteiger partial charge in [0.25, 0.3) is 5.56 Å². The second-order valence-corrected chi connectivity index (χ2v) is 8.50. The summed E-state index contributed by atoms with van der Waals surface area (Å²) < 4.78 is 16.4. The number of benzene rings is 2. The molecule has 4 aromatic rings. The van der Waals surface area contributed by atoms with Crippen molar-refractivity contribution in [1.82, 2.24) is 13.7 Å². The lowest BCUT2D eigenvalue weighted by Crippen LogP contribution is -2.36.